The maximum absolute atomic E-state index is 12.7. The molecule has 4 nitrogen and oxygen atoms in total. The number of ketones is 2. The van der Waals surface area contributed by atoms with Crippen LogP contribution in [0.25, 0.3) is 0 Å². The molecule has 3 aliphatic carbocycles. The van der Waals surface area contributed by atoms with Gasteiger partial charge in [0, 0.05) is 22.6 Å². The molecule has 3 atom stereocenters. The Morgan fingerprint density at radius 3 is 2.55 bits per heavy atom. The molecular formula is C18H24O4. The van der Waals surface area contributed by atoms with E-state index >= 15 is 0 Å². The number of ether oxygens (including phenoxy) is 1. The van der Waals surface area contributed by atoms with E-state index in [1.54, 1.807) is 0 Å². The number of rotatable bonds is 1. The summed E-state index contributed by atoms with van der Waals surface area (Å²) in [5.41, 5.74) is 0.726. The van der Waals surface area contributed by atoms with E-state index in [-0.39, 0.29) is 40.2 Å². The fraction of sp³-hybridized carbons (Fsp3) is 0.667. The number of aliphatic hydroxyl groups excluding tert-OH is 1. The van der Waals surface area contributed by atoms with Gasteiger partial charge in [0.2, 0.25) is 5.78 Å². The summed E-state index contributed by atoms with van der Waals surface area (Å²) >= 11 is 0. The number of Topliss-reactive ketones (excluding diaryl/α,β-unsaturated/α-hetero) is 1. The van der Waals surface area contributed by atoms with Crippen molar-refractivity contribution in [2.24, 2.45) is 16.7 Å². The molecule has 1 N–H and O–H groups in total. The van der Waals surface area contributed by atoms with E-state index in [1.807, 2.05) is 0 Å². The number of hydrogen-bond acceptors (Lipinski definition) is 4. The monoisotopic (exact) mass is 304 g/mol. The lowest BCUT2D eigenvalue weighted by molar-refractivity contribution is -0.124. The molecule has 1 saturated carbocycles. The molecule has 0 aromatic carbocycles. The van der Waals surface area contributed by atoms with Crippen molar-refractivity contribution in [1.29, 1.82) is 0 Å². The van der Waals surface area contributed by atoms with Crippen molar-refractivity contribution in [3.63, 3.8) is 0 Å². The second-order valence-electron chi connectivity index (χ2n) is 7.64. The zero-order chi connectivity index (χ0) is 16.3. The number of methoxy groups -OCH3 is 1. The van der Waals surface area contributed by atoms with Gasteiger partial charge in [-0.25, -0.2) is 0 Å². The summed E-state index contributed by atoms with van der Waals surface area (Å²) in [6.45, 7) is 6.25. The van der Waals surface area contributed by atoms with Crippen LogP contribution in [-0.2, 0) is 14.3 Å². The first kappa shape index (κ1) is 15.5. The van der Waals surface area contributed by atoms with E-state index in [0.29, 0.717) is 24.0 Å². The quantitative estimate of drug-likeness (QED) is 0.756. The second kappa shape index (κ2) is 4.79. The van der Waals surface area contributed by atoms with Crippen molar-refractivity contribution in [2.45, 2.75) is 52.6 Å². The second-order valence-corrected chi connectivity index (χ2v) is 7.64. The van der Waals surface area contributed by atoms with Crippen molar-refractivity contribution in [3.8, 4) is 0 Å². The molecule has 3 rings (SSSR count). The van der Waals surface area contributed by atoms with Crippen LogP contribution in [0.3, 0.4) is 0 Å². The Balaban J connectivity index is 2.11. The van der Waals surface area contributed by atoms with Crippen LogP contribution in [-0.4, -0.2) is 29.9 Å². The van der Waals surface area contributed by atoms with Gasteiger partial charge in [0.05, 0.1) is 13.2 Å². The van der Waals surface area contributed by atoms with Gasteiger partial charge in [-0.05, 0) is 37.0 Å². The first-order valence-electron chi connectivity index (χ1n) is 8.00. The summed E-state index contributed by atoms with van der Waals surface area (Å²) in [5.74, 6) is 0.129. The average Bonchev–Trinajstić information content (AvgIpc) is 2.46. The number of carbonyl (C=O) groups is 2. The Morgan fingerprint density at radius 2 is 1.91 bits per heavy atom. The largest absolute Gasteiger partial charge is 0.493 e. The molecule has 0 radical (unpaired) electrons. The van der Waals surface area contributed by atoms with Gasteiger partial charge in [-0.3, -0.25) is 9.59 Å². The smallest absolute Gasteiger partial charge is 0.224 e. The molecule has 0 unspecified atom stereocenters. The van der Waals surface area contributed by atoms with Crippen LogP contribution >= 0.6 is 0 Å². The van der Waals surface area contributed by atoms with Crippen LogP contribution in [0.2, 0.25) is 0 Å². The Bertz CT molecular complexity index is 611. The standard InChI is InChI=1S/C18H24O4/c1-17(2)13-6-5-10-15(18(13,3)8-7-14(17)20)11(19)9-12(22-4)16(10)21/h9,13-14,20H,5-8H2,1-4H3/t13-,14-,18-/m0/s1. The highest BCUT2D eigenvalue weighted by Crippen LogP contribution is 2.60. The molecule has 0 aromatic heterocycles. The predicted octanol–water partition coefficient (Wildman–Crippen LogP) is 2.56. The van der Waals surface area contributed by atoms with Crippen LogP contribution in [0.5, 0.6) is 0 Å². The predicted molar refractivity (Wildman–Crippen MR) is 82.0 cm³/mol. The van der Waals surface area contributed by atoms with Gasteiger partial charge in [-0.2, -0.15) is 0 Å². The summed E-state index contributed by atoms with van der Waals surface area (Å²) in [4.78, 5) is 25.2. The molecule has 3 aliphatic rings. The van der Waals surface area contributed by atoms with Gasteiger partial charge in [0.25, 0.3) is 0 Å². The first-order valence-corrected chi connectivity index (χ1v) is 8.00. The van der Waals surface area contributed by atoms with Crippen molar-refractivity contribution in [2.75, 3.05) is 7.11 Å². The molecule has 0 aliphatic heterocycles. The van der Waals surface area contributed by atoms with E-state index in [0.717, 1.165) is 12.8 Å². The zero-order valence-corrected chi connectivity index (χ0v) is 13.7. The molecule has 120 valence electrons. The minimum atomic E-state index is -0.354. The third-order valence-electron chi connectivity index (χ3n) is 6.25. The molecule has 0 bridgehead atoms. The summed E-state index contributed by atoms with van der Waals surface area (Å²) in [6, 6.07) is 0. The van der Waals surface area contributed by atoms with Crippen LogP contribution in [0.15, 0.2) is 23.0 Å². The van der Waals surface area contributed by atoms with Crippen LogP contribution in [0, 0.1) is 16.7 Å². The highest BCUT2D eigenvalue weighted by atomic mass is 16.5. The fourth-order valence-corrected chi connectivity index (χ4v) is 5.00. The number of carbonyl (C=O) groups excluding carboxylic acids is 2. The van der Waals surface area contributed by atoms with E-state index in [9.17, 15) is 14.7 Å². The van der Waals surface area contributed by atoms with Gasteiger partial charge in [0.1, 0.15) is 0 Å². The van der Waals surface area contributed by atoms with Gasteiger partial charge in [0.15, 0.2) is 11.5 Å². The van der Waals surface area contributed by atoms with Crippen LogP contribution in [0.4, 0.5) is 0 Å². The normalized spacial score (nSPS) is 37.4. The minimum Gasteiger partial charge on any atom is -0.493 e. The molecule has 22 heavy (non-hydrogen) atoms. The van der Waals surface area contributed by atoms with E-state index in [4.69, 9.17) is 4.74 Å². The Hall–Kier alpha value is -1.42. The van der Waals surface area contributed by atoms with Gasteiger partial charge in [-0.15, -0.1) is 0 Å². The zero-order valence-electron chi connectivity index (χ0n) is 13.7. The third-order valence-corrected chi connectivity index (χ3v) is 6.25. The summed E-state index contributed by atoms with van der Waals surface area (Å²) in [5, 5.41) is 10.4. The van der Waals surface area contributed by atoms with Crippen molar-refractivity contribution < 1.29 is 19.4 Å². The van der Waals surface area contributed by atoms with Crippen molar-refractivity contribution in [1.82, 2.24) is 0 Å². The Labute approximate surface area is 131 Å². The van der Waals surface area contributed by atoms with Crippen LogP contribution < -0.4 is 0 Å². The van der Waals surface area contributed by atoms with Gasteiger partial charge >= 0.3 is 0 Å². The molecule has 0 heterocycles. The molecule has 0 aromatic rings. The summed E-state index contributed by atoms with van der Waals surface area (Å²) < 4.78 is 5.07. The van der Waals surface area contributed by atoms with E-state index in [1.165, 1.54) is 13.2 Å². The molecule has 0 spiro atoms. The lowest BCUT2D eigenvalue weighted by Gasteiger charge is -2.56. The number of hydrogen-bond donors (Lipinski definition) is 1. The maximum atomic E-state index is 12.7. The lowest BCUT2D eigenvalue weighted by Crippen LogP contribution is -2.53. The summed E-state index contributed by atoms with van der Waals surface area (Å²) in [6.07, 6.45) is 3.82. The fourth-order valence-electron chi connectivity index (χ4n) is 5.00. The summed E-state index contributed by atoms with van der Waals surface area (Å²) in [7, 11) is 1.43. The number of fused-ring (bicyclic) bond motifs is 2. The van der Waals surface area contributed by atoms with Crippen molar-refractivity contribution in [3.05, 3.63) is 23.0 Å². The van der Waals surface area contributed by atoms with Gasteiger partial charge < -0.3 is 9.84 Å². The SMILES string of the molecule is COC1=CC(=O)C2=C(CC[C@H]3C(C)(C)[C@@H](O)CC[C@]23C)C1=O. The number of allylic oxidation sites excluding steroid dienone is 3. The van der Waals surface area contributed by atoms with E-state index in [2.05, 4.69) is 20.8 Å². The Kier molecular flexibility index (Phi) is 3.37. The molecule has 0 amide bonds. The average molecular weight is 304 g/mol. The van der Waals surface area contributed by atoms with E-state index < -0.39 is 0 Å². The molecule has 1 fully saturated rings. The molecular weight excluding hydrogens is 280 g/mol. The third kappa shape index (κ3) is 1.86. The first-order chi connectivity index (χ1) is 10.2. The van der Waals surface area contributed by atoms with Gasteiger partial charge in [-0.1, -0.05) is 20.8 Å². The topological polar surface area (TPSA) is 63.6 Å². The van der Waals surface area contributed by atoms with Crippen molar-refractivity contribution >= 4 is 11.6 Å². The minimum absolute atomic E-state index is 0.0918. The highest BCUT2D eigenvalue weighted by Gasteiger charge is 2.56. The lowest BCUT2D eigenvalue weighted by atomic mass is 9.48. The highest BCUT2D eigenvalue weighted by molar-refractivity contribution is 6.22. The number of aliphatic hydroxyl groups is 1. The molecule has 0 saturated heterocycles. The van der Waals surface area contributed by atoms with Crippen LogP contribution in [0.1, 0.15) is 46.5 Å². The molecule has 4 heteroatoms. The Morgan fingerprint density at radius 1 is 1.23 bits per heavy atom. The maximum Gasteiger partial charge on any atom is 0.224 e.